The van der Waals surface area contributed by atoms with Crippen molar-refractivity contribution in [1.29, 1.82) is 0 Å². The normalized spacial score (nSPS) is 20.1. The van der Waals surface area contributed by atoms with Crippen molar-refractivity contribution in [3.63, 3.8) is 0 Å². The minimum absolute atomic E-state index is 0.0651. The highest BCUT2D eigenvalue weighted by atomic mass is 32.2. The second kappa shape index (κ2) is 9.09. The van der Waals surface area contributed by atoms with Crippen LogP contribution in [0.2, 0.25) is 0 Å². The summed E-state index contributed by atoms with van der Waals surface area (Å²) in [6, 6.07) is 16.4. The molecule has 1 N–H and O–H groups in total. The van der Waals surface area contributed by atoms with Gasteiger partial charge in [0, 0.05) is 25.6 Å². The zero-order valence-electron chi connectivity index (χ0n) is 17.3. The smallest absolute Gasteiger partial charge is 0.243 e. The molecule has 29 heavy (non-hydrogen) atoms. The second-order valence-electron chi connectivity index (χ2n) is 8.18. The Morgan fingerprint density at radius 3 is 2.38 bits per heavy atom. The van der Waals surface area contributed by atoms with E-state index in [4.69, 9.17) is 0 Å². The van der Waals surface area contributed by atoms with Gasteiger partial charge in [-0.2, -0.15) is 4.31 Å². The molecule has 1 heterocycles. The number of benzene rings is 2. The van der Waals surface area contributed by atoms with Crippen LogP contribution in [0.3, 0.4) is 0 Å². The van der Waals surface area contributed by atoms with Crippen LogP contribution in [0.15, 0.2) is 59.5 Å². The molecule has 0 radical (unpaired) electrons. The molecule has 2 aromatic carbocycles. The van der Waals surface area contributed by atoms with Crippen molar-refractivity contribution in [2.75, 3.05) is 19.6 Å². The number of carbonyl (C=O) groups excluding carboxylic acids is 1. The fraction of sp³-hybridized carbons (Fsp3) is 0.435. The SMILES string of the molecule is Cc1ccccc1[C@@H]1CN(S(=O)(=O)c2ccccc2)C[C@@H]1C(=O)NCCC(C)C. The average Bonchev–Trinajstić information content (AvgIpc) is 3.15. The van der Waals surface area contributed by atoms with Crippen LogP contribution >= 0.6 is 0 Å². The van der Waals surface area contributed by atoms with Crippen molar-refractivity contribution in [1.82, 2.24) is 9.62 Å². The van der Waals surface area contributed by atoms with Gasteiger partial charge in [-0.15, -0.1) is 0 Å². The van der Waals surface area contributed by atoms with E-state index >= 15 is 0 Å². The van der Waals surface area contributed by atoms with E-state index in [0.717, 1.165) is 17.5 Å². The van der Waals surface area contributed by atoms with Gasteiger partial charge in [-0.3, -0.25) is 4.79 Å². The van der Waals surface area contributed by atoms with Crippen molar-refractivity contribution in [3.05, 3.63) is 65.7 Å². The van der Waals surface area contributed by atoms with Gasteiger partial charge in [0.2, 0.25) is 15.9 Å². The number of hydrogen-bond donors (Lipinski definition) is 1. The Bertz CT molecular complexity index is 942. The van der Waals surface area contributed by atoms with E-state index in [0.29, 0.717) is 19.0 Å². The number of amides is 1. The standard InChI is InChI=1S/C23H30N2O3S/c1-17(2)13-14-24-23(26)22-16-25(29(27,28)19-10-5-4-6-11-19)15-21(22)20-12-8-7-9-18(20)3/h4-12,17,21-22H,13-16H2,1-3H3,(H,24,26)/t21-,22-/m0/s1. The van der Waals surface area contributed by atoms with Gasteiger partial charge in [0.15, 0.2) is 0 Å². The third-order valence-electron chi connectivity index (χ3n) is 5.61. The van der Waals surface area contributed by atoms with Gasteiger partial charge in [-0.25, -0.2) is 8.42 Å². The van der Waals surface area contributed by atoms with E-state index in [1.165, 1.54) is 4.31 Å². The summed E-state index contributed by atoms with van der Waals surface area (Å²) in [5.41, 5.74) is 2.12. The summed E-state index contributed by atoms with van der Waals surface area (Å²) in [6.45, 7) is 7.36. The lowest BCUT2D eigenvalue weighted by Gasteiger charge is -2.20. The molecule has 1 aliphatic heterocycles. The fourth-order valence-electron chi connectivity index (χ4n) is 3.90. The molecule has 156 valence electrons. The van der Waals surface area contributed by atoms with Crippen molar-refractivity contribution in [2.24, 2.45) is 11.8 Å². The number of nitrogens with one attached hydrogen (secondary N) is 1. The summed E-state index contributed by atoms with van der Waals surface area (Å²) in [4.78, 5) is 13.3. The molecule has 1 fully saturated rings. The van der Waals surface area contributed by atoms with Crippen molar-refractivity contribution in [2.45, 2.75) is 38.0 Å². The summed E-state index contributed by atoms with van der Waals surface area (Å²) in [6.07, 6.45) is 0.902. The highest BCUT2D eigenvalue weighted by Crippen LogP contribution is 2.37. The minimum atomic E-state index is -3.64. The third-order valence-corrected chi connectivity index (χ3v) is 7.46. The molecule has 6 heteroatoms. The molecule has 0 aliphatic carbocycles. The summed E-state index contributed by atoms with van der Waals surface area (Å²) in [7, 11) is -3.64. The molecule has 2 aromatic rings. The molecule has 5 nitrogen and oxygen atoms in total. The van der Waals surface area contributed by atoms with Crippen molar-refractivity contribution in [3.8, 4) is 0 Å². The Labute approximate surface area is 174 Å². The average molecular weight is 415 g/mol. The number of hydrogen-bond acceptors (Lipinski definition) is 3. The highest BCUT2D eigenvalue weighted by molar-refractivity contribution is 7.89. The van der Waals surface area contributed by atoms with Crippen LogP contribution in [0, 0.1) is 18.8 Å². The lowest BCUT2D eigenvalue weighted by molar-refractivity contribution is -0.124. The van der Waals surface area contributed by atoms with Gasteiger partial charge in [0.05, 0.1) is 10.8 Å². The minimum Gasteiger partial charge on any atom is -0.356 e. The van der Waals surface area contributed by atoms with Gasteiger partial charge in [0.25, 0.3) is 0 Å². The topological polar surface area (TPSA) is 66.5 Å². The summed E-state index contributed by atoms with van der Waals surface area (Å²) in [5, 5.41) is 3.03. The number of sulfonamides is 1. The lowest BCUT2D eigenvalue weighted by atomic mass is 9.86. The largest absolute Gasteiger partial charge is 0.356 e. The first-order chi connectivity index (χ1) is 13.8. The van der Waals surface area contributed by atoms with E-state index in [-0.39, 0.29) is 23.3 Å². The molecule has 3 rings (SSSR count). The third kappa shape index (κ3) is 4.87. The number of rotatable bonds is 7. The first-order valence-corrected chi connectivity index (χ1v) is 11.6. The number of carbonyl (C=O) groups is 1. The van der Waals surface area contributed by atoms with E-state index in [1.54, 1.807) is 30.3 Å². The first-order valence-electron chi connectivity index (χ1n) is 10.2. The molecule has 1 aliphatic rings. The van der Waals surface area contributed by atoms with Crippen LogP contribution in [0.4, 0.5) is 0 Å². The van der Waals surface area contributed by atoms with E-state index in [2.05, 4.69) is 19.2 Å². The van der Waals surface area contributed by atoms with Gasteiger partial charge < -0.3 is 5.32 Å². The predicted molar refractivity (Wildman–Crippen MR) is 115 cm³/mol. The summed E-state index contributed by atoms with van der Waals surface area (Å²) < 4.78 is 27.8. The fourth-order valence-corrected chi connectivity index (χ4v) is 5.42. The molecular formula is C23H30N2O3S. The first kappa shape index (κ1) is 21.5. The Morgan fingerprint density at radius 1 is 1.07 bits per heavy atom. The van der Waals surface area contributed by atoms with Crippen LogP contribution < -0.4 is 5.32 Å². The van der Waals surface area contributed by atoms with Crippen LogP contribution in [0.1, 0.15) is 37.3 Å². The summed E-state index contributed by atoms with van der Waals surface area (Å²) in [5.74, 6) is -0.124. The van der Waals surface area contributed by atoms with E-state index in [1.807, 2.05) is 31.2 Å². The predicted octanol–water partition coefficient (Wildman–Crippen LogP) is 3.56. The van der Waals surface area contributed by atoms with E-state index < -0.39 is 15.9 Å². The van der Waals surface area contributed by atoms with Gasteiger partial charge in [0.1, 0.15) is 0 Å². The van der Waals surface area contributed by atoms with Crippen LogP contribution in [0.5, 0.6) is 0 Å². The van der Waals surface area contributed by atoms with Crippen LogP contribution in [-0.4, -0.2) is 38.3 Å². The number of nitrogens with zero attached hydrogens (tertiary/aromatic N) is 1. The van der Waals surface area contributed by atoms with Gasteiger partial charge in [-0.05, 0) is 42.5 Å². The summed E-state index contributed by atoms with van der Waals surface area (Å²) >= 11 is 0. The monoisotopic (exact) mass is 414 g/mol. The molecule has 0 spiro atoms. The van der Waals surface area contributed by atoms with E-state index in [9.17, 15) is 13.2 Å². The van der Waals surface area contributed by atoms with Crippen molar-refractivity contribution < 1.29 is 13.2 Å². The molecule has 1 saturated heterocycles. The Hall–Kier alpha value is -2.18. The molecular weight excluding hydrogens is 384 g/mol. The van der Waals surface area contributed by atoms with Gasteiger partial charge >= 0.3 is 0 Å². The zero-order valence-corrected chi connectivity index (χ0v) is 18.2. The maximum atomic E-state index is 13.2. The molecule has 1 amide bonds. The van der Waals surface area contributed by atoms with Crippen LogP contribution in [-0.2, 0) is 14.8 Å². The molecule has 0 aromatic heterocycles. The molecule has 2 atom stereocenters. The Morgan fingerprint density at radius 2 is 1.72 bits per heavy atom. The maximum absolute atomic E-state index is 13.2. The van der Waals surface area contributed by atoms with Gasteiger partial charge in [-0.1, -0.05) is 56.3 Å². The lowest BCUT2D eigenvalue weighted by Crippen LogP contribution is -2.36. The Kier molecular flexibility index (Phi) is 6.75. The number of aryl methyl sites for hydroxylation is 1. The maximum Gasteiger partial charge on any atom is 0.243 e. The molecule has 0 saturated carbocycles. The molecule has 0 bridgehead atoms. The zero-order chi connectivity index (χ0) is 21.0. The van der Waals surface area contributed by atoms with Crippen LogP contribution in [0.25, 0.3) is 0 Å². The quantitative estimate of drug-likeness (QED) is 0.753. The second-order valence-corrected chi connectivity index (χ2v) is 10.1. The highest BCUT2D eigenvalue weighted by Gasteiger charge is 2.43. The van der Waals surface area contributed by atoms with Crippen molar-refractivity contribution >= 4 is 15.9 Å². The Balaban J connectivity index is 1.88. The molecule has 0 unspecified atom stereocenters.